The Morgan fingerprint density at radius 2 is 2.45 bits per heavy atom. The van der Waals surface area contributed by atoms with Crippen LogP contribution in [0.2, 0.25) is 0 Å². The molecule has 0 N–H and O–H groups in total. The minimum absolute atomic E-state index is 0.562. The minimum atomic E-state index is 0.562. The average Bonchev–Trinajstić information content (AvgIpc) is 2.37. The second kappa shape index (κ2) is 4.91. The van der Waals surface area contributed by atoms with Gasteiger partial charge in [-0.2, -0.15) is 0 Å². The molecular formula is C8H10BrOS. The maximum Gasteiger partial charge on any atom is 0.0514 e. The summed E-state index contributed by atoms with van der Waals surface area (Å²) in [7, 11) is 0. The number of hydrogen-bond donors (Lipinski definition) is 0. The highest BCUT2D eigenvalue weighted by Gasteiger charge is 1.96. The van der Waals surface area contributed by atoms with E-state index in [0.717, 1.165) is 17.5 Å². The molecule has 0 bridgehead atoms. The molecule has 0 aliphatic rings. The lowest BCUT2D eigenvalue weighted by Gasteiger charge is -1.96. The van der Waals surface area contributed by atoms with Crippen molar-refractivity contribution < 1.29 is 4.74 Å². The summed E-state index contributed by atoms with van der Waals surface area (Å²) in [6.45, 7) is 4.93. The fourth-order valence-corrected chi connectivity index (χ4v) is 2.20. The van der Waals surface area contributed by atoms with Crippen molar-refractivity contribution >= 4 is 27.3 Å². The maximum absolute atomic E-state index is 5.13. The van der Waals surface area contributed by atoms with Crippen molar-refractivity contribution in [2.45, 2.75) is 6.42 Å². The first kappa shape index (κ1) is 9.23. The van der Waals surface area contributed by atoms with Crippen LogP contribution in [0.15, 0.2) is 15.9 Å². The monoisotopic (exact) mass is 233 g/mol. The van der Waals surface area contributed by atoms with Crippen molar-refractivity contribution in [3.05, 3.63) is 27.7 Å². The summed E-state index contributed by atoms with van der Waals surface area (Å²) >= 11 is 5.15. The van der Waals surface area contributed by atoms with Crippen LogP contribution >= 0.6 is 27.3 Å². The molecule has 0 spiro atoms. The molecule has 0 saturated heterocycles. The van der Waals surface area contributed by atoms with Crippen molar-refractivity contribution in [3.63, 3.8) is 0 Å². The molecule has 1 nitrogen and oxygen atoms in total. The molecule has 1 heterocycles. The van der Waals surface area contributed by atoms with Crippen molar-refractivity contribution in [3.8, 4) is 0 Å². The number of hydrogen-bond acceptors (Lipinski definition) is 2. The molecule has 1 radical (unpaired) electrons. The lowest BCUT2D eigenvalue weighted by molar-refractivity contribution is 0.165. The summed E-state index contributed by atoms with van der Waals surface area (Å²) in [5.74, 6) is 0. The van der Waals surface area contributed by atoms with Gasteiger partial charge in [-0.15, -0.1) is 11.3 Å². The number of rotatable bonds is 4. The summed E-state index contributed by atoms with van der Waals surface area (Å²) in [4.78, 5) is 1.35. The van der Waals surface area contributed by atoms with Gasteiger partial charge >= 0.3 is 0 Å². The molecule has 0 amide bonds. The predicted octanol–water partition coefficient (Wildman–Crippen LogP) is 2.90. The molecule has 11 heavy (non-hydrogen) atoms. The van der Waals surface area contributed by atoms with Gasteiger partial charge in [-0.3, -0.25) is 0 Å². The molecule has 1 aromatic rings. The Morgan fingerprint density at radius 1 is 1.64 bits per heavy atom. The Labute approximate surface area is 79.5 Å². The fraction of sp³-hybridized carbons (Fsp3) is 0.375. The van der Waals surface area contributed by atoms with E-state index < -0.39 is 0 Å². The summed E-state index contributed by atoms with van der Waals surface area (Å²) < 4.78 is 6.29. The third-order valence-electron chi connectivity index (χ3n) is 1.26. The van der Waals surface area contributed by atoms with Gasteiger partial charge < -0.3 is 4.74 Å². The third-order valence-corrected chi connectivity index (χ3v) is 3.02. The zero-order valence-corrected chi connectivity index (χ0v) is 8.58. The van der Waals surface area contributed by atoms with Crippen LogP contribution < -0.4 is 0 Å². The Morgan fingerprint density at radius 3 is 3.00 bits per heavy atom. The second-order valence-corrected chi connectivity index (χ2v) is 4.01. The van der Waals surface area contributed by atoms with Crippen LogP contribution in [0.4, 0.5) is 0 Å². The quantitative estimate of drug-likeness (QED) is 0.728. The first-order valence-corrected chi connectivity index (χ1v) is 5.10. The van der Waals surface area contributed by atoms with E-state index in [9.17, 15) is 0 Å². The van der Waals surface area contributed by atoms with Crippen LogP contribution in [0.25, 0.3) is 0 Å². The van der Waals surface area contributed by atoms with Crippen LogP contribution in [0.5, 0.6) is 0 Å². The standard InChI is InChI=1S/C8H10BrOS/c1-2-10-4-3-8-5-7(9)6-11-8/h5-6H,1-4H2. The topological polar surface area (TPSA) is 9.23 Å². The van der Waals surface area contributed by atoms with E-state index in [-0.39, 0.29) is 0 Å². The maximum atomic E-state index is 5.13. The van der Waals surface area contributed by atoms with Crippen LogP contribution in [-0.4, -0.2) is 13.2 Å². The molecule has 0 atom stereocenters. The van der Waals surface area contributed by atoms with Gasteiger partial charge in [0, 0.05) is 27.8 Å². The van der Waals surface area contributed by atoms with Crippen molar-refractivity contribution in [1.29, 1.82) is 0 Å². The normalized spacial score (nSPS) is 10.4. The number of thiophene rings is 1. The molecule has 0 fully saturated rings. The molecule has 3 heteroatoms. The van der Waals surface area contributed by atoms with E-state index in [4.69, 9.17) is 4.74 Å². The summed E-state index contributed by atoms with van der Waals surface area (Å²) in [6, 6.07) is 2.12. The van der Waals surface area contributed by atoms with E-state index >= 15 is 0 Å². The zero-order valence-electron chi connectivity index (χ0n) is 6.18. The summed E-state index contributed by atoms with van der Waals surface area (Å²) in [5.41, 5.74) is 0. The molecule has 0 unspecified atom stereocenters. The van der Waals surface area contributed by atoms with Gasteiger partial charge in [0.1, 0.15) is 0 Å². The van der Waals surface area contributed by atoms with Crippen molar-refractivity contribution in [2.75, 3.05) is 13.2 Å². The Bertz CT molecular complexity index is 210. The first-order chi connectivity index (χ1) is 5.33. The largest absolute Gasteiger partial charge is 0.381 e. The van der Waals surface area contributed by atoms with Gasteiger partial charge in [0.2, 0.25) is 0 Å². The van der Waals surface area contributed by atoms with Gasteiger partial charge in [-0.25, -0.2) is 0 Å². The minimum Gasteiger partial charge on any atom is -0.381 e. The highest BCUT2D eigenvalue weighted by atomic mass is 79.9. The highest BCUT2D eigenvalue weighted by Crippen LogP contribution is 2.19. The molecule has 0 aromatic carbocycles. The van der Waals surface area contributed by atoms with Crippen molar-refractivity contribution in [2.24, 2.45) is 0 Å². The number of halogens is 1. The molecule has 0 saturated carbocycles. The summed E-state index contributed by atoms with van der Waals surface area (Å²) in [5, 5.41) is 2.08. The smallest absolute Gasteiger partial charge is 0.0514 e. The SMILES string of the molecule is [CH2]COCCc1cc(Br)cs1. The molecule has 0 aliphatic heterocycles. The average molecular weight is 234 g/mol. The Balaban J connectivity index is 2.27. The third kappa shape index (κ3) is 3.36. The van der Waals surface area contributed by atoms with E-state index in [0.29, 0.717) is 6.61 Å². The van der Waals surface area contributed by atoms with E-state index in [1.54, 1.807) is 11.3 Å². The van der Waals surface area contributed by atoms with Crippen LogP contribution in [0, 0.1) is 6.92 Å². The van der Waals surface area contributed by atoms with Gasteiger partial charge in [0.15, 0.2) is 0 Å². The van der Waals surface area contributed by atoms with Crippen LogP contribution in [0.3, 0.4) is 0 Å². The number of ether oxygens (including phenoxy) is 1. The van der Waals surface area contributed by atoms with Gasteiger partial charge in [0.05, 0.1) is 6.61 Å². The van der Waals surface area contributed by atoms with Crippen LogP contribution in [-0.2, 0) is 11.2 Å². The molecule has 1 aromatic heterocycles. The van der Waals surface area contributed by atoms with Crippen molar-refractivity contribution in [1.82, 2.24) is 0 Å². The summed E-state index contributed by atoms with van der Waals surface area (Å²) in [6.07, 6.45) is 0.992. The van der Waals surface area contributed by atoms with E-state index in [1.165, 1.54) is 4.88 Å². The molecular weight excluding hydrogens is 224 g/mol. The predicted molar refractivity (Wildman–Crippen MR) is 51.9 cm³/mol. The molecule has 0 aliphatic carbocycles. The van der Waals surface area contributed by atoms with E-state index in [1.807, 2.05) is 0 Å². The van der Waals surface area contributed by atoms with Crippen LogP contribution in [0.1, 0.15) is 4.88 Å². The lowest BCUT2D eigenvalue weighted by atomic mass is 10.4. The Kier molecular flexibility index (Phi) is 4.12. The fourth-order valence-electron chi connectivity index (χ4n) is 0.760. The lowest BCUT2D eigenvalue weighted by Crippen LogP contribution is -1.95. The molecule has 1 rings (SSSR count). The highest BCUT2D eigenvalue weighted by molar-refractivity contribution is 9.10. The Hall–Kier alpha value is 0.140. The van der Waals surface area contributed by atoms with E-state index in [2.05, 4.69) is 34.3 Å². The first-order valence-electron chi connectivity index (χ1n) is 3.43. The van der Waals surface area contributed by atoms with Gasteiger partial charge in [0.25, 0.3) is 0 Å². The van der Waals surface area contributed by atoms with Gasteiger partial charge in [-0.1, -0.05) is 0 Å². The second-order valence-electron chi connectivity index (χ2n) is 2.09. The van der Waals surface area contributed by atoms with Gasteiger partial charge in [-0.05, 0) is 28.9 Å². The molecule has 61 valence electrons. The zero-order chi connectivity index (χ0) is 8.10.